The van der Waals surface area contributed by atoms with Crippen LogP contribution >= 0.6 is 0 Å². The van der Waals surface area contributed by atoms with Crippen molar-refractivity contribution in [3.63, 3.8) is 0 Å². The van der Waals surface area contributed by atoms with Gasteiger partial charge in [0.05, 0.1) is 7.11 Å². The second-order valence-electron chi connectivity index (χ2n) is 5.63. The highest BCUT2D eigenvalue weighted by atomic mass is 16.5. The normalized spacial score (nSPS) is 46.6. The summed E-state index contributed by atoms with van der Waals surface area (Å²) in [5.41, 5.74) is 0.377. The molecule has 2 heteroatoms. The van der Waals surface area contributed by atoms with Crippen molar-refractivity contribution in [1.82, 2.24) is 0 Å². The van der Waals surface area contributed by atoms with E-state index >= 15 is 0 Å². The van der Waals surface area contributed by atoms with Crippen LogP contribution in [0.25, 0.3) is 0 Å². The van der Waals surface area contributed by atoms with E-state index in [9.17, 15) is 4.79 Å². The molecule has 15 heavy (non-hydrogen) atoms. The molecule has 0 aliphatic heterocycles. The van der Waals surface area contributed by atoms with E-state index in [0.717, 1.165) is 17.8 Å². The molecule has 82 valence electrons. The molecule has 0 radical (unpaired) electrons. The lowest BCUT2D eigenvalue weighted by molar-refractivity contribution is -0.134. The van der Waals surface area contributed by atoms with Gasteiger partial charge in [-0.3, -0.25) is 0 Å². The molecule has 2 atom stereocenters. The molecule has 0 amide bonds. The van der Waals surface area contributed by atoms with Crippen molar-refractivity contribution in [3.8, 4) is 0 Å². The first kappa shape index (κ1) is 9.44. The zero-order chi connectivity index (χ0) is 10.5. The Morgan fingerprint density at radius 1 is 1.27 bits per heavy atom. The number of esters is 1. The first-order valence-corrected chi connectivity index (χ1v) is 5.99. The van der Waals surface area contributed by atoms with Gasteiger partial charge < -0.3 is 4.74 Å². The van der Waals surface area contributed by atoms with Crippen molar-refractivity contribution in [1.29, 1.82) is 0 Å². The van der Waals surface area contributed by atoms with Gasteiger partial charge in [-0.15, -0.1) is 0 Å². The zero-order valence-corrected chi connectivity index (χ0v) is 9.24. The average molecular weight is 206 g/mol. The molecular weight excluding hydrogens is 188 g/mol. The Balaban J connectivity index is 1.81. The summed E-state index contributed by atoms with van der Waals surface area (Å²) in [7, 11) is 1.45. The summed E-state index contributed by atoms with van der Waals surface area (Å²) in [4.78, 5) is 11.1. The van der Waals surface area contributed by atoms with Crippen LogP contribution in [0.15, 0.2) is 12.2 Å². The maximum atomic E-state index is 11.1. The van der Waals surface area contributed by atoms with Gasteiger partial charge >= 0.3 is 5.97 Å². The molecule has 0 saturated heterocycles. The van der Waals surface area contributed by atoms with Gasteiger partial charge in [-0.05, 0) is 55.3 Å². The van der Waals surface area contributed by atoms with Crippen LogP contribution < -0.4 is 0 Å². The third kappa shape index (κ3) is 1.34. The highest BCUT2D eigenvalue weighted by Crippen LogP contribution is 2.65. The predicted octanol–water partition coefficient (Wildman–Crippen LogP) is 2.54. The van der Waals surface area contributed by atoms with Crippen LogP contribution in [0.4, 0.5) is 0 Å². The number of allylic oxidation sites excluding steroid dienone is 1. The second kappa shape index (κ2) is 3.10. The van der Waals surface area contributed by atoms with Gasteiger partial charge in [-0.2, -0.15) is 0 Å². The summed E-state index contributed by atoms with van der Waals surface area (Å²) in [6, 6.07) is 0. The number of ether oxygens (including phenoxy) is 1. The molecule has 0 aromatic carbocycles. The molecule has 0 aromatic heterocycles. The first-order chi connectivity index (χ1) is 7.22. The standard InChI is InChI=1S/C13H18O2/c1-15-12(14)2-3-13-7-9-4-10(8-13)6-11(13)5-9/h2-3,9-11H,4-8H2,1H3/b3-2+. The van der Waals surface area contributed by atoms with E-state index in [4.69, 9.17) is 0 Å². The first-order valence-electron chi connectivity index (χ1n) is 5.99. The SMILES string of the molecule is COC(=O)/C=C/C12CC3CC(CC1C3)C2. The van der Waals surface area contributed by atoms with Gasteiger partial charge in [0, 0.05) is 6.08 Å². The maximum Gasteiger partial charge on any atom is 0.330 e. The summed E-state index contributed by atoms with van der Waals surface area (Å²) in [6.45, 7) is 0. The molecule has 0 aromatic rings. The summed E-state index contributed by atoms with van der Waals surface area (Å²) in [5, 5.41) is 0. The fourth-order valence-corrected chi connectivity index (χ4v) is 4.43. The van der Waals surface area contributed by atoms with E-state index in [1.54, 1.807) is 6.08 Å². The lowest BCUT2D eigenvalue weighted by atomic mass is 9.75. The molecule has 4 aliphatic rings. The minimum absolute atomic E-state index is 0.199. The maximum absolute atomic E-state index is 11.1. The van der Waals surface area contributed by atoms with Crippen molar-refractivity contribution >= 4 is 5.97 Å². The molecule has 4 saturated carbocycles. The van der Waals surface area contributed by atoms with Gasteiger partial charge in [0.2, 0.25) is 0 Å². The number of hydrogen-bond donors (Lipinski definition) is 0. The van der Waals surface area contributed by atoms with Gasteiger partial charge in [0.1, 0.15) is 0 Å². The van der Waals surface area contributed by atoms with Crippen molar-refractivity contribution < 1.29 is 9.53 Å². The highest BCUT2D eigenvalue weighted by Gasteiger charge is 2.56. The molecule has 0 heterocycles. The van der Waals surface area contributed by atoms with Gasteiger partial charge in [-0.25, -0.2) is 4.79 Å². The lowest BCUT2D eigenvalue weighted by Gasteiger charge is -2.29. The molecule has 2 nitrogen and oxygen atoms in total. The molecule has 4 fully saturated rings. The number of carbonyl (C=O) groups excluding carboxylic acids is 1. The summed E-state index contributed by atoms with van der Waals surface area (Å²) in [5.74, 6) is 2.56. The monoisotopic (exact) mass is 206 g/mol. The zero-order valence-electron chi connectivity index (χ0n) is 9.24. The Bertz CT molecular complexity index is 304. The number of carbonyl (C=O) groups is 1. The van der Waals surface area contributed by atoms with Crippen LogP contribution in [-0.4, -0.2) is 13.1 Å². The minimum atomic E-state index is -0.199. The highest BCUT2D eigenvalue weighted by molar-refractivity contribution is 5.81. The van der Waals surface area contributed by atoms with Gasteiger partial charge in [0.15, 0.2) is 0 Å². The third-order valence-corrected chi connectivity index (χ3v) is 4.81. The van der Waals surface area contributed by atoms with E-state index in [-0.39, 0.29) is 5.97 Å². The lowest BCUT2D eigenvalue weighted by Crippen LogP contribution is -2.20. The number of rotatable bonds is 2. The van der Waals surface area contributed by atoms with Crippen molar-refractivity contribution in [3.05, 3.63) is 12.2 Å². The summed E-state index contributed by atoms with van der Waals surface area (Å²) in [6.07, 6.45) is 10.7. The number of hydrogen-bond acceptors (Lipinski definition) is 2. The largest absolute Gasteiger partial charge is 0.466 e. The second-order valence-corrected chi connectivity index (χ2v) is 5.63. The quantitative estimate of drug-likeness (QED) is 0.512. The van der Waals surface area contributed by atoms with Crippen LogP contribution in [0.1, 0.15) is 32.1 Å². The third-order valence-electron chi connectivity index (χ3n) is 4.81. The average Bonchev–Trinajstić information content (AvgIpc) is 2.61. The molecule has 2 unspecified atom stereocenters. The van der Waals surface area contributed by atoms with Crippen LogP contribution in [-0.2, 0) is 9.53 Å². The molecule has 4 aliphatic carbocycles. The Kier molecular flexibility index (Phi) is 1.95. The topological polar surface area (TPSA) is 26.3 Å². The smallest absolute Gasteiger partial charge is 0.330 e. The minimum Gasteiger partial charge on any atom is -0.466 e. The van der Waals surface area contributed by atoms with Crippen molar-refractivity contribution in [2.45, 2.75) is 32.1 Å². The van der Waals surface area contributed by atoms with Crippen LogP contribution in [0.5, 0.6) is 0 Å². The van der Waals surface area contributed by atoms with Crippen LogP contribution in [0.3, 0.4) is 0 Å². The van der Waals surface area contributed by atoms with Crippen LogP contribution in [0, 0.1) is 23.2 Å². The van der Waals surface area contributed by atoms with Gasteiger partial charge in [-0.1, -0.05) is 6.08 Å². The van der Waals surface area contributed by atoms with E-state index in [0.29, 0.717) is 5.41 Å². The van der Waals surface area contributed by atoms with Gasteiger partial charge in [0.25, 0.3) is 0 Å². The summed E-state index contributed by atoms with van der Waals surface area (Å²) < 4.78 is 4.67. The van der Waals surface area contributed by atoms with E-state index in [1.165, 1.54) is 39.2 Å². The van der Waals surface area contributed by atoms with Crippen LogP contribution in [0.2, 0.25) is 0 Å². The Labute approximate surface area is 90.7 Å². The fourth-order valence-electron chi connectivity index (χ4n) is 4.43. The molecule has 0 spiro atoms. The predicted molar refractivity (Wildman–Crippen MR) is 57.1 cm³/mol. The Morgan fingerprint density at radius 2 is 1.93 bits per heavy atom. The van der Waals surface area contributed by atoms with E-state index in [1.807, 2.05) is 0 Å². The van der Waals surface area contributed by atoms with Crippen molar-refractivity contribution in [2.75, 3.05) is 7.11 Å². The van der Waals surface area contributed by atoms with Crippen molar-refractivity contribution in [2.24, 2.45) is 23.2 Å². The Morgan fingerprint density at radius 3 is 2.53 bits per heavy atom. The van der Waals surface area contributed by atoms with E-state index < -0.39 is 0 Å². The molecular formula is C13H18O2. The van der Waals surface area contributed by atoms with E-state index in [2.05, 4.69) is 10.8 Å². The molecule has 4 bridgehead atoms. The molecule has 4 rings (SSSR count). The molecule has 0 N–H and O–H groups in total. The number of methoxy groups -OCH3 is 1. The Hall–Kier alpha value is -0.790. The fraction of sp³-hybridized carbons (Fsp3) is 0.769. The summed E-state index contributed by atoms with van der Waals surface area (Å²) >= 11 is 0.